The van der Waals surface area contributed by atoms with Crippen LogP contribution in [0.5, 0.6) is 5.75 Å². The van der Waals surface area contributed by atoms with Crippen molar-refractivity contribution in [3.05, 3.63) is 72.8 Å². The molecule has 0 saturated carbocycles. The largest absolute Gasteiger partial charge is 0.435 e. The van der Waals surface area contributed by atoms with E-state index in [0.29, 0.717) is 0 Å². The van der Waals surface area contributed by atoms with Gasteiger partial charge < -0.3 is 10.1 Å². The molecule has 5 heteroatoms. The van der Waals surface area contributed by atoms with Gasteiger partial charge in [-0.3, -0.25) is 0 Å². The molecular weight excluding hydrogens is 328 g/mol. The average Bonchev–Trinajstić information content (AvgIpc) is 2.60. The number of nitrogens with one attached hydrogen (secondary N) is 1. The van der Waals surface area contributed by atoms with Crippen molar-refractivity contribution in [3.63, 3.8) is 0 Å². The summed E-state index contributed by atoms with van der Waals surface area (Å²) in [4.78, 5) is 3.45. The zero-order valence-electron chi connectivity index (χ0n) is 12.6. The highest BCUT2D eigenvalue weighted by atomic mass is 32.2. The molecule has 0 atom stereocenters. The Morgan fingerprint density at radius 3 is 1.83 bits per heavy atom. The van der Waals surface area contributed by atoms with Crippen molar-refractivity contribution in [2.45, 2.75) is 21.3 Å². The van der Waals surface area contributed by atoms with E-state index in [1.807, 2.05) is 36.4 Å². The van der Waals surface area contributed by atoms with E-state index in [4.69, 9.17) is 0 Å². The molecule has 1 N–H and O–H groups in total. The standard InChI is InChI=1S/C19H14F2NOS/c20-19(21)23-13-9-11-14(12-10-13)24-17-7-3-1-5-15(17)22-16-6-2-4-8-18(16)24/h1-12,19,22H/q+1. The molecule has 1 aliphatic rings. The number of alkyl halides is 2. The fraction of sp³-hybridized carbons (Fsp3) is 0.0526. The maximum absolute atomic E-state index is 12.3. The number of ether oxygens (including phenoxy) is 1. The molecule has 0 amide bonds. The maximum Gasteiger partial charge on any atom is 0.387 e. The molecule has 0 bridgehead atoms. The van der Waals surface area contributed by atoms with Crippen molar-refractivity contribution in [2.75, 3.05) is 5.32 Å². The lowest BCUT2D eigenvalue weighted by atomic mass is 10.2. The molecule has 0 saturated heterocycles. The van der Waals surface area contributed by atoms with Gasteiger partial charge in [0.15, 0.2) is 14.7 Å². The molecule has 0 aliphatic carbocycles. The number of hydrogen-bond donors (Lipinski definition) is 1. The predicted molar refractivity (Wildman–Crippen MR) is 91.4 cm³/mol. The SMILES string of the molecule is FC(F)Oc1ccc([S+]2c3ccccc3Nc3ccccc32)cc1. The second kappa shape index (κ2) is 6.17. The molecule has 120 valence electrons. The Balaban J connectivity index is 1.80. The van der Waals surface area contributed by atoms with Crippen LogP contribution in [0.1, 0.15) is 0 Å². The number of fused-ring (bicyclic) bond motifs is 2. The molecule has 3 aromatic rings. The number of rotatable bonds is 3. The van der Waals surface area contributed by atoms with E-state index < -0.39 is 6.61 Å². The Bertz CT molecular complexity index is 822. The summed E-state index contributed by atoms with van der Waals surface area (Å²) in [5, 5.41) is 3.46. The second-order valence-electron chi connectivity index (χ2n) is 5.27. The molecule has 2 nitrogen and oxygen atoms in total. The maximum atomic E-state index is 12.3. The molecule has 24 heavy (non-hydrogen) atoms. The first-order valence-corrected chi connectivity index (χ1v) is 8.69. The third-order valence-corrected chi connectivity index (χ3v) is 6.10. The highest BCUT2D eigenvalue weighted by Gasteiger charge is 2.37. The van der Waals surface area contributed by atoms with E-state index in [2.05, 4.69) is 34.3 Å². The summed E-state index contributed by atoms with van der Waals surface area (Å²) in [6.07, 6.45) is 0. The summed E-state index contributed by atoms with van der Waals surface area (Å²) >= 11 is 0. The van der Waals surface area contributed by atoms with Crippen LogP contribution in [0.2, 0.25) is 0 Å². The van der Waals surface area contributed by atoms with Gasteiger partial charge in [-0.05, 0) is 48.5 Å². The van der Waals surface area contributed by atoms with Gasteiger partial charge in [-0.1, -0.05) is 24.3 Å². The van der Waals surface area contributed by atoms with Crippen LogP contribution in [0.3, 0.4) is 0 Å². The highest BCUT2D eigenvalue weighted by Crippen LogP contribution is 2.44. The lowest BCUT2D eigenvalue weighted by Gasteiger charge is -2.20. The minimum Gasteiger partial charge on any atom is -0.435 e. The Kier molecular flexibility index (Phi) is 3.86. The van der Waals surface area contributed by atoms with Gasteiger partial charge in [0.1, 0.15) is 16.6 Å². The highest BCUT2D eigenvalue weighted by molar-refractivity contribution is 7.97. The summed E-state index contributed by atoms with van der Waals surface area (Å²) in [5.41, 5.74) is 2.15. The van der Waals surface area contributed by atoms with Gasteiger partial charge in [0, 0.05) is 0 Å². The molecular formula is C19H14F2NOS+. The van der Waals surface area contributed by atoms with Crippen molar-refractivity contribution in [2.24, 2.45) is 0 Å². The second-order valence-corrected chi connectivity index (χ2v) is 7.24. The minimum atomic E-state index is -2.81. The zero-order valence-corrected chi connectivity index (χ0v) is 13.4. The Morgan fingerprint density at radius 1 is 0.750 bits per heavy atom. The van der Waals surface area contributed by atoms with Crippen LogP contribution in [0.25, 0.3) is 0 Å². The first-order chi connectivity index (χ1) is 11.7. The van der Waals surface area contributed by atoms with Gasteiger partial charge in [0.25, 0.3) is 0 Å². The Labute approximate surface area is 141 Å². The molecule has 0 spiro atoms. The fourth-order valence-corrected chi connectivity index (χ4v) is 5.03. The van der Waals surface area contributed by atoms with Crippen LogP contribution in [0.4, 0.5) is 20.2 Å². The van der Waals surface area contributed by atoms with Crippen molar-refractivity contribution in [1.29, 1.82) is 0 Å². The number of benzene rings is 3. The number of anilines is 2. The lowest BCUT2D eigenvalue weighted by Crippen LogP contribution is -2.14. The smallest absolute Gasteiger partial charge is 0.387 e. The lowest BCUT2D eigenvalue weighted by molar-refractivity contribution is -0.0498. The first-order valence-electron chi connectivity index (χ1n) is 7.46. The monoisotopic (exact) mass is 342 g/mol. The summed E-state index contributed by atoms with van der Waals surface area (Å²) in [5.74, 6) is 0.175. The minimum absolute atomic E-state index is 0.175. The van der Waals surface area contributed by atoms with Gasteiger partial charge in [0.05, 0.1) is 11.4 Å². The summed E-state index contributed by atoms with van der Waals surface area (Å²) in [6.45, 7) is -2.81. The van der Waals surface area contributed by atoms with E-state index in [1.54, 1.807) is 12.1 Å². The molecule has 0 radical (unpaired) electrons. The van der Waals surface area contributed by atoms with Crippen LogP contribution < -0.4 is 10.1 Å². The predicted octanol–water partition coefficient (Wildman–Crippen LogP) is 5.44. The van der Waals surface area contributed by atoms with Crippen LogP contribution in [0, 0.1) is 0 Å². The van der Waals surface area contributed by atoms with Crippen LogP contribution in [-0.2, 0) is 10.9 Å². The molecule has 0 unspecified atom stereocenters. The van der Waals surface area contributed by atoms with Crippen molar-refractivity contribution in [1.82, 2.24) is 0 Å². The number of halogens is 2. The molecule has 3 aromatic carbocycles. The van der Waals surface area contributed by atoms with Crippen LogP contribution in [0.15, 0.2) is 87.5 Å². The molecule has 0 aromatic heterocycles. The quantitative estimate of drug-likeness (QED) is 0.501. The normalized spacial score (nSPS) is 13.1. The zero-order chi connectivity index (χ0) is 16.5. The summed E-state index contributed by atoms with van der Waals surface area (Å²) < 4.78 is 29.1. The topological polar surface area (TPSA) is 21.3 Å². The Hall–Kier alpha value is -2.53. The summed E-state index contributed by atoms with van der Waals surface area (Å²) in [6, 6.07) is 23.3. The van der Waals surface area contributed by atoms with Gasteiger partial charge in [0.2, 0.25) is 0 Å². The van der Waals surface area contributed by atoms with Gasteiger partial charge >= 0.3 is 6.61 Å². The van der Waals surface area contributed by atoms with Crippen LogP contribution >= 0.6 is 0 Å². The summed E-state index contributed by atoms with van der Waals surface area (Å²) in [7, 11) is -0.284. The number of hydrogen-bond acceptors (Lipinski definition) is 2. The van der Waals surface area contributed by atoms with E-state index in [1.165, 1.54) is 9.79 Å². The third-order valence-electron chi connectivity index (χ3n) is 3.77. The van der Waals surface area contributed by atoms with E-state index in [9.17, 15) is 8.78 Å². The van der Waals surface area contributed by atoms with Gasteiger partial charge in [-0.25, -0.2) is 0 Å². The van der Waals surface area contributed by atoms with Crippen molar-refractivity contribution < 1.29 is 13.5 Å². The molecule has 1 heterocycles. The fourth-order valence-electron chi connectivity index (χ4n) is 2.77. The van der Waals surface area contributed by atoms with Crippen molar-refractivity contribution in [3.8, 4) is 5.75 Å². The van der Waals surface area contributed by atoms with Crippen LogP contribution in [-0.4, -0.2) is 6.61 Å². The van der Waals surface area contributed by atoms with E-state index in [-0.39, 0.29) is 16.6 Å². The van der Waals surface area contributed by atoms with E-state index in [0.717, 1.165) is 16.3 Å². The third kappa shape index (κ3) is 2.71. The number of para-hydroxylation sites is 2. The molecule has 4 rings (SSSR count). The van der Waals surface area contributed by atoms with Gasteiger partial charge in [-0.2, -0.15) is 8.78 Å². The van der Waals surface area contributed by atoms with Gasteiger partial charge in [-0.15, -0.1) is 0 Å². The Morgan fingerprint density at radius 2 is 1.29 bits per heavy atom. The molecule has 1 aliphatic heterocycles. The average molecular weight is 342 g/mol. The first kappa shape index (κ1) is 15.0. The van der Waals surface area contributed by atoms with E-state index >= 15 is 0 Å². The molecule has 0 fully saturated rings. The van der Waals surface area contributed by atoms with Crippen molar-refractivity contribution >= 4 is 22.3 Å².